The number of amides is 1. The van der Waals surface area contributed by atoms with Crippen molar-refractivity contribution < 1.29 is 27.8 Å². The number of hydrogen-bond donors (Lipinski definition) is 1. The van der Waals surface area contributed by atoms with E-state index in [1.807, 2.05) is 0 Å². The second-order valence-electron chi connectivity index (χ2n) is 4.89. The number of rotatable bonds is 8. The number of ether oxygens (including phenoxy) is 3. The normalized spacial score (nSPS) is 10.4. The molecule has 0 aliphatic heterocycles. The number of carbonyl (C=O) groups excluding carboxylic acids is 1. The Morgan fingerprint density at radius 1 is 1.20 bits per heavy atom. The second-order valence-corrected chi connectivity index (χ2v) is 5.32. The van der Waals surface area contributed by atoms with Gasteiger partial charge in [-0.05, 0) is 35.9 Å². The standard InChI is InChI=1S/C17H16ClF2NO4/c1-23-15-7-11(5-6-14(15)25-17(19)20)9-21-16(22)10-24-13-4-2-3-12(18)8-13/h2-8,17H,9-10H2,1H3,(H,21,22). The van der Waals surface area contributed by atoms with E-state index in [1.165, 1.54) is 19.2 Å². The predicted molar refractivity (Wildman–Crippen MR) is 88.4 cm³/mol. The maximum Gasteiger partial charge on any atom is 0.387 e. The van der Waals surface area contributed by atoms with Crippen molar-refractivity contribution >= 4 is 17.5 Å². The van der Waals surface area contributed by atoms with Crippen LogP contribution >= 0.6 is 11.6 Å². The fraction of sp³-hybridized carbons (Fsp3) is 0.235. The first kappa shape index (κ1) is 18.8. The Labute approximate surface area is 148 Å². The van der Waals surface area contributed by atoms with Gasteiger partial charge < -0.3 is 19.5 Å². The van der Waals surface area contributed by atoms with Crippen molar-refractivity contribution in [3.8, 4) is 17.2 Å². The lowest BCUT2D eigenvalue weighted by atomic mass is 10.2. The first-order chi connectivity index (χ1) is 12.0. The molecule has 25 heavy (non-hydrogen) atoms. The van der Waals surface area contributed by atoms with Gasteiger partial charge in [-0.15, -0.1) is 0 Å². The van der Waals surface area contributed by atoms with Gasteiger partial charge in [0, 0.05) is 11.6 Å². The Morgan fingerprint density at radius 3 is 2.68 bits per heavy atom. The van der Waals surface area contributed by atoms with Gasteiger partial charge in [-0.2, -0.15) is 8.78 Å². The van der Waals surface area contributed by atoms with Gasteiger partial charge in [-0.3, -0.25) is 4.79 Å². The van der Waals surface area contributed by atoms with Gasteiger partial charge in [0.25, 0.3) is 5.91 Å². The minimum atomic E-state index is -2.94. The van der Waals surface area contributed by atoms with Crippen molar-refractivity contribution in [2.24, 2.45) is 0 Å². The van der Waals surface area contributed by atoms with E-state index in [-0.39, 0.29) is 30.6 Å². The highest BCUT2D eigenvalue weighted by molar-refractivity contribution is 6.30. The molecule has 134 valence electrons. The molecule has 0 aliphatic carbocycles. The van der Waals surface area contributed by atoms with E-state index in [0.29, 0.717) is 16.3 Å². The molecule has 0 aromatic heterocycles. The summed E-state index contributed by atoms with van der Waals surface area (Å²) in [6, 6.07) is 11.1. The number of nitrogens with one attached hydrogen (secondary N) is 1. The quantitative estimate of drug-likeness (QED) is 0.769. The first-order valence-corrected chi connectivity index (χ1v) is 7.62. The van der Waals surface area contributed by atoms with Crippen molar-refractivity contribution in [3.05, 3.63) is 53.1 Å². The summed E-state index contributed by atoms with van der Waals surface area (Å²) in [5, 5.41) is 3.16. The van der Waals surface area contributed by atoms with Crippen LogP contribution in [0.3, 0.4) is 0 Å². The lowest BCUT2D eigenvalue weighted by Crippen LogP contribution is -2.28. The molecule has 2 rings (SSSR count). The molecular weight excluding hydrogens is 356 g/mol. The van der Waals surface area contributed by atoms with E-state index >= 15 is 0 Å². The molecule has 0 fully saturated rings. The van der Waals surface area contributed by atoms with Crippen LogP contribution in [-0.4, -0.2) is 26.2 Å². The van der Waals surface area contributed by atoms with Crippen molar-refractivity contribution in [2.45, 2.75) is 13.2 Å². The molecule has 0 aliphatic rings. The van der Waals surface area contributed by atoms with Crippen LogP contribution in [0.4, 0.5) is 8.78 Å². The molecule has 2 aromatic rings. The molecule has 0 bridgehead atoms. The van der Waals surface area contributed by atoms with Gasteiger partial charge in [-0.25, -0.2) is 0 Å². The Hall–Kier alpha value is -2.54. The molecule has 0 unspecified atom stereocenters. The van der Waals surface area contributed by atoms with Crippen LogP contribution in [0.25, 0.3) is 0 Å². The van der Waals surface area contributed by atoms with Gasteiger partial charge >= 0.3 is 6.61 Å². The smallest absolute Gasteiger partial charge is 0.387 e. The summed E-state index contributed by atoms with van der Waals surface area (Å²) in [6.45, 7) is -2.93. The fourth-order valence-corrected chi connectivity index (χ4v) is 2.15. The fourth-order valence-electron chi connectivity index (χ4n) is 1.97. The Bertz CT molecular complexity index is 728. The number of methoxy groups -OCH3 is 1. The summed E-state index contributed by atoms with van der Waals surface area (Å²) >= 11 is 5.82. The van der Waals surface area contributed by atoms with E-state index in [1.54, 1.807) is 30.3 Å². The van der Waals surface area contributed by atoms with Crippen LogP contribution in [0.2, 0.25) is 5.02 Å². The molecule has 1 N–H and O–H groups in total. The Balaban J connectivity index is 1.86. The minimum Gasteiger partial charge on any atom is -0.493 e. The molecule has 0 radical (unpaired) electrons. The number of hydrogen-bond acceptors (Lipinski definition) is 4. The molecule has 5 nitrogen and oxygen atoms in total. The maximum atomic E-state index is 12.3. The third-order valence-corrected chi connectivity index (χ3v) is 3.33. The van der Waals surface area contributed by atoms with Crippen molar-refractivity contribution in [1.82, 2.24) is 5.32 Å². The van der Waals surface area contributed by atoms with E-state index in [4.69, 9.17) is 21.1 Å². The number of carbonyl (C=O) groups is 1. The highest BCUT2D eigenvalue weighted by Crippen LogP contribution is 2.29. The lowest BCUT2D eigenvalue weighted by molar-refractivity contribution is -0.123. The SMILES string of the molecule is COc1cc(CNC(=O)COc2cccc(Cl)c2)ccc1OC(F)F. The number of halogens is 3. The van der Waals surface area contributed by atoms with Crippen molar-refractivity contribution in [1.29, 1.82) is 0 Å². The van der Waals surface area contributed by atoms with E-state index in [0.717, 1.165) is 0 Å². The zero-order chi connectivity index (χ0) is 18.2. The summed E-state index contributed by atoms with van der Waals surface area (Å²) in [4.78, 5) is 11.8. The van der Waals surface area contributed by atoms with Crippen LogP contribution in [0, 0.1) is 0 Å². The van der Waals surface area contributed by atoms with E-state index in [2.05, 4.69) is 10.1 Å². The second kappa shape index (κ2) is 9.08. The molecule has 2 aromatic carbocycles. The van der Waals surface area contributed by atoms with Gasteiger partial charge in [0.2, 0.25) is 0 Å². The van der Waals surface area contributed by atoms with E-state index in [9.17, 15) is 13.6 Å². The third kappa shape index (κ3) is 6.11. The van der Waals surface area contributed by atoms with Crippen molar-refractivity contribution in [2.75, 3.05) is 13.7 Å². The zero-order valence-electron chi connectivity index (χ0n) is 13.3. The predicted octanol–water partition coefficient (Wildman–Crippen LogP) is 3.65. The molecule has 0 heterocycles. The van der Waals surface area contributed by atoms with Gasteiger partial charge in [-0.1, -0.05) is 23.7 Å². The van der Waals surface area contributed by atoms with Crippen LogP contribution in [-0.2, 0) is 11.3 Å². The Morgan fingerprint density at radius 2 is 2.00 bits per heavy atom. The summed E-state index contributed by atoms with van der Waals surface area (Å²) in [6.07, 6.45) is 0. The largest absolute Gasteiger partial charge is 0.493 e. The monoisotopic (exact) mass is 371 g/mol. The number of benzene rings is 2. The topological polar surface area (TPSA) is 56.8 Å². The summed E-state index contributed by atoms with van der Waals surface area (Å²) in [7, 11) is 1.34. The van der Waals surface area contributed by atoms with Crippen LogP contribution in [0.15, 0.2) is 42.5 Å². The zero-order valence-corrected chi connectivity index (χ0v) is 14.1. The minimum absolute atomic E-state index is 0.0723. The van der Waals surface area contributed by atoms with Crippen LogP contribution in [0.5, 0.6) is 17.2 Å². The van der Waals surface area contributed by atoms with Gasteiger partial charge in [0.15, 0.2) is 18.1 Å². The van der Waals surface area contributed by atoms with Gasteiger partial charge in [0.1, 0.15) is 5.75 Å². The summed E-state index contributed by atoms with van der Waals surface area (Å²) in [5.74, 6) is 0.226. The van der Waals surface area contributed by atoms with Crippen molar-refractivity contribution in [3.63, 3.8) is 0 Å². The van der Waals surface area contributed by atoms with E-state index < -0.39 is 6.61 Å². The molecule has 0 saturated heterocycles. The average Bonchev–Trinajstić information content (AvgIpc) is 2.58. The molecule has 8 heteroatoms. The van der Waals surface area contributed by atoms with Gasteiger partial charge in [0.05, 0.1) is 7.11 Å². The summed E-state index contributed by atoms with van der Waals surface area (Å²) < 4.78 is 39.2. The lowest BCUT2D eigenvalue weighted by Gasteiger charge is -2.12. The molecule has 0 spiro atoms. The highest BCUT2D eigenvalue weighted by Gasteiger charge is 2.11. The van der Waals surface area contributed by atoms with Crippen LogP contribution in [0.1, 0.15) is 5.56 Å². The molecule has 0 saturated carbocycles. The number of alkyl halides is 2. The van der Waals surface area contributed by atoms with Crippen LogP contribution < -0.4 is 19.5 Å². The maximum absolute atomic E-state index is 12.3. The molecule has 0 atom stereocenters. The average molecular weight is 372 g/mol. The highest BCUT2D eigenvalue weighted by atomic mass is 35.5. The molecule has 1 amide bonds. The Kier molecular flexibility index (Phi) is 6.82. The third-order valence-electron chi connectivity index (χ3n) is 3.10. The summed E-state index contributed by atoms with van der Waals surface area (Å²) in [5.41, 5.74) is 0.662. The first-order valence-electron chi connectivity index (χ1n) is 7.24. The molecular formula is C17H16ClF2NO4.